The molecule has 1 atom stereocenters. The zero-order valence-electron chi connectivity index (χ0n) is 10.3. The van der Waals surface area contributed by atoms with Gasteiger partial charge in [-0.3, -0.25) is 4.90 Å². The van der Waals surface area contributed by atoms with Crippen molar-refractivity contribution in [1.29, 1.82) is 0 Å². The molecule has 0 aromatic carbocycles. The van der Waals surface area contributed by atoms with E-state index in [2.05, 4.69) is 31.0 Å². The smallest absolute Gasteiger partial charge is 0.0192 e. The summed E-state index contributed by atoms with van der Waals surface area (Å²) >= 11 is 0. The number of hydrogen-bond donors (Lipinski definition) is 1. The monoisotopic (exact) mass is 198 g/mol. The first-order chi connectivity index (χ1) is 6.67. The highest BCUT2D eigenvalue weighted by Crippen LogP contribution is 2.37. The number of hydrogen-bond acceptors (Lipinski definition) is 2. The van der Waals surface area contributed by atoms with E-state index in [1.165, 1.54) is 32.4 Å². The maximum absolute atomic E-state index is 3.27. The van der Waals surface area contributed by atoms with Gasteiger partial charge in [0, 0.05) is 19.1 Å². The third kappa shape index (κ3) is 2.48. The van der Waals surface area contributed by atoms with Gasteiger partial charge in [-0.25, -0.2) is 0 Å². The van der Waals surface area contributed by atoms with Crippen LogP contribution in [0.3, 0.4) is 0 Å². The minimum atomic E-state index is 0.627. The van der Waals surface area contributed by atoms with Crippen LogP contribution < -0.4 is 5.32 Å². The molecule has 0 amide bonds. The van der Waals surface area contributed by atoms with Crippen LogP contribution in [0.15, 0.2) is 0 Å². The van der Waals surface area contributed by atoms with Gasteiger partial charge in [-0.05, 0) is 45.2 Å². The van der Waals surface area contributed by atoms with E-state index < -0.39 is 0 Å². The summed E-state index contributed by atoms with van der Waals surface area (Å²) < 4.78 is 0. The second kappa shape index (κ2) is 5.13. The van der Waals surface area contributed by atoms with Gasteiger partial charge >= 0.3 is 0 Å². The molecule has 2 nitrogen and oxygen atoms in total. The largest absolute Gasteiger partial charge is 0.318 e. The first-order valence-electron chi connectivity index (χ1n) is 6.06. The number of likely N-dealkylation sites (tertiary alicyclic amines) is 1. The lowest BCUT2D eigenvalue weighted by atomic mass is 9.82. The van der Waals surface area contributed by atoms with Crippen molar-refractivity contribution >= 4 is 0 Å². The van der Waals surface area contributed by atoms with Crippen molar-refractivity contribution in [1.82, 2.24) is 10.2 Å². The minimum absolute atomic E-state index is 0.627. The number of nitrogens with zero attached hydrogens (tertiary/aromatic N) is 1. The first kappa shape index (κ1) is 12.0. The number of rotatable bonds is 5. The van der Waals surface area contributed by atoms with Crippen LogP contribution in [0.5, 0.6) is 0 Å². The summed E-state index contributed by atoms with van der Waals surface area (Å²) in [5, 5.41) is 3.27. The first-order valence-corrected chi connectivity index (χ1v) is 6.06. The molecule has 0 aromatic heterocycles. The van der Waals surface area contributed by atoms with Crippen molar-refractivity contribution < 1.29 is 0 Å². The molecule has 1 saturated heterocycles. The molecule has 1 N–H and O–H groups in total. The predicted octanol–water partition coefficient (Wildman–Crippen LogP) is 2.11. The maximum atomic E-state index is 3.27. The Kier molecular flexibility index (Phi) is 4.39. The molecular weight excluding hydrogens is 172 g/mol. The Morgan fingerprint density at radius 1 is 1.36 bits per heavy atom. The average molecular weight is 198 g/mol. The normalized spacial score (nSPS) is 24.0. The van der Waals surface area contributed by atoms with Gasteiger partial charge < -0.3 is 5.32 Å². The fourth-order valence-electron chi connectivity index (χ4n) is 2.60. The van der Waals surface area contributed by atoms with Gasteiger partial charge in [0.1, 0.15) is 0 Å². The van der Waals surface area contributed by atoms with E-state index in [4.69, 9.17) is 0 Å². The van der Waals surface area contributed by atoms with Crippen molar-refractivity contribution in [2.24, 2.45) is 5.41 Å². The summed E-state index contributed by atoms with van der Waals surface area (Å²) in [7, 11) is 2.04. The Morgan fingerprint density at radius 2 is 2.00 bits per heavy atom. The summed E-state index contributed by atoms with van der Waals surface area (Å²) in [5.74, 6) is 0. The van der Waals surface area contributed by atoms with E-state index in [1.807, 2.05) is 7.05 Å². The fourth-order valence-corrected chi connectivity index (χ4v) is 2.60. The van der Waals surface area contributed by atoms with Gasteiger partial charge in [-0.1, -0.05) is 13.8 Å². The van der Waals surface area contributed by atoms with Crippen LogP contribution in [0.25, 0.3) is 0 Å². The SMILES string of the molecule is CCC1(CC)CCN(C(C)CNC)C1. The summed E-state index contributed by atoms with van der Waals surface area (Å²) in [6.45, 7) is 10.7. The van der Waals surface area contributed by atoms with Crippen molar-refractivity contribution in [3.63, 3.8) is 0 Å². The minimum Gasteiger partial charge on any atom is -0.318 e. The lowest BCUT2D eigenvalue weighted by Gasteiger charge is -2.29. The second-order valence-corrected chi connectivity index (χ2v) is 4.83. The molecule has 1 unspecified atom stereocenters. The quantitative estimate of drug-likeness (QED) is 0.728. The van der Waals surface area contributed by atoms with Crippen LogP contribution in [0.4, 0.5) is 0 Å². The topological polar surface area (TPSA) is 15.3 Å². The molecule has 1 fully saturated rings. The standard InChI is InChI=1S/C12H26N2/c1-5-12(6-2)7-8-14(10-12)11(3)9-13-4/h11,13H,5-10H2,1-4H3. The summed E-state index contributed by atoms with van der Waals surface area (Å²) in [5.41, 5.74) is 0.627. The average Bonchev–Trinajstić information content (AvgIpc) is 2.63. The van der Waals surface area contributed by atoms with Crippen molar-refractivity contribution in [2.75, 3.05) is 26.7 Å². The summed E-state index contributed by atoms with van der Waals surface area (Å²) in [6, 6.07) is 0.694. The highest BCUT2D eigenvalue weighted by molar-refractivity contribution is 4.90. The van der Waals surface area contributed by atoms with Gasteiger partial charge in [0.2, 0.25) is 0 Å². The zero-order chi connectivity index (χ0) is 10.6. The Balaban J connectivity index is 2.46. The molecule has 0 bridgehead atoms. The van der Waals surface area contributed by atoms with Crippen LogP contribution in [0.1, 0.15) is 40.0 Å². The van der Waals surface area contributed by atoms with Crippen LogP contribution in [-0.2, 0) is 0 Å². The molecule has 14 heavy (non-hydrogen) atoms. The van der Waals surface area contributed by atoms with E-state index in [9.17, 15) is 0 Å². The molecule has 2 heteroatoms. The zero-order valence-corrected chi connectivity index (χ0v) is 10.3. The van der Waals surface area contributed by atoms with Crippen LogP contribution in [0.2, 0.25) is 0 Å². The molecule has 0 aliphatic carbocycles. The van der Waals surface area contributed by atoms with Crippen molar-refractivity contribution in [3.8, 4) is 0 Å². The maximum Gasteiger partial charge on any atom is 0.0192 e. The summed E-state index contributed by atoms with van der Waals surface area (Å²) in [4.78, 5) is 2.64. The highest BCUT2D eigenvalue weighted by Gasteiger charge is 2.36. The van der Waals surface area contributed by atoms with Crippen molar-refractivity contribution in [3.05, 3.63) is 0 Å². The van der Waals surface area contributed by atoms with Gasteiger partial charge in [0.15, 0.2) is 0 Å². The molecule has 84 valence electrons. The van der Waals surface area contributed by atoms with Gasteiger partial charge in [0.25, 0.3) is 0 Å². The molecule has 1 aliphatic rings. The third-order valence-electron chi connectivity index (χ3n) is 4.09. The Hall–Kier alpha value is -0.0800. The van der Waals surface area contributed by atoms with Gasteiger partial charge in [0.05, 0.1) is 0 Å². The van der Waals surface area contributed by atoms with Crippen molar-refractivity contribution in [2.45, 2.75) is 46.1 Å². The second-order valence-electron chi connectivity index (χ2n) is 4.83. The number of nitrogens with one attached hydrogen (secondary N) is 1. The summed E-state index contributed by atoms with van der Waals surface area (Å²) in [6.07, 6.45) is 4.08. The van der Waals surface area contributed by atoms with Crippen LogP contribution >= 0.6 is 0 Å². The molecule has 0 aromatic rings. The molecule has 0 saturated carbocycles. The Labute approximate surface area is 89.1 Å². The van der Waals surface area contributed by atoms with E-state index in [0.717, 1.165) is 6.54 Å². The van der Waals surface area contributed by atoms with Crippen LogP contribution in [-0.4, -0.2) is 37.6 Å². The Morgan fingerprint density at radius 3 is 2.43 bits per heavy atom. The fraction of sp³-hybridized carbons (Fsp3) is 1.00. The molecule has 1 aliphatic heterocycles. The molecule has 1 rings (SSSR count). The Bertz CT molecular complexity index is 164. The van der Waals surface area contributed by atoms with E-state index in [0.29, 0.717) is 11.5 Å². The van der Waals surface area contributed by atoms with Gasteiger partial charge in [-0.2, -0.15) is 0 Å². The highest BCUT2D eigenvalue weighted by atomic mass is 15.2. The lowest BCUT2D eigenvalue weighted by Crippen LogP contribution is -2.39. The number of likely N-dealkylation sites (N-methyl/N-ethyl adjacent to an activating group) is 1. The lowest BCUT2D eigenvalue weighted by molar-refractivity contribution is 0.201. The van der Waals surface area contributed by atoms with Gasteiger partial charge in [-0.15, -0.1) is 0 Å². The molecule has 0 spiro atoms. The van der Waals surface area contributed by atoms with E-state index in [1.54, 1.807) is 0 Å². The third-order valence-corrected chi connectivity index (χ3v) is 4.09. The predicted molar refractivity (Wildman–Crippen MR) is 62.6 cm³/mol. The molecule has 0 radical (unpaired) electrons. The molecular formula is C12H26N2. The van der Waals surface area contributed by atoms with E-state index >= 15 is 0 Å². The molecule has 1 heterocycles. The van der Waals surface area contributed by atoms with Crippen LogP contribution in [0, 0.1) is 5.41 Å². The van der Waals surface area contributed by atoms with E-state index in [-0.39, 0.29) is 0 Å².